The number of rotatable bonds is 6. The molecular weight excluding hydrogens is 254 g/mol. The maximum atomic E-state index is 11.8. The van der Waals surface area contributed by atoms with Crippen LogP contribution in [0.5, 0.6) is 0 Å². The average Bonchev–Trinajstić information content (AvgIpc) is 2.51. The van der Waals surface area contributed by atoms with E-state index in [1.807, 2.05) is 0 Å². The number of hydrogen-bond donors (Lipinski definition) is 3. The molecule has 1 saturated heterocycles. The van der Waals surface area contributed by atoms with E-state index in [0.29, 0.717) is 0 Å². The molecule has 0 aromatic rings. The molecule has 0 radical (unpaired) electrons. The molecule has 1 aliphatic heterocycles. The van der Waals surface area contributed by atoms with Gasteiger partial charge in [-0.3, -0.25) is 14.5 Å². The summed E-state index contributed by atoms with van der Waals surface area (Å²) in [7, 11) is 1.44. The molecule has 1 aliphatic rings. The topological polar surface area (TPSA) is 108 Å². The molecule has 19 heavy (non-hydrogen) atoms. The molecule has 108 valence electrons. The first-order chi connectivity index (χ1) is 8.81. The van der Waals surface area contributed by atoms with Gasteiger partial charge in [0.15, 0.2) is 0 Å². The quantitative estimate of drug-likeness (QED) is 0.507. The van der Waals surface area contributed by atoms with Crippen LogP contribution in [0.2, 0.25) is 0 Å². The molecule has 0 aromatic heterocycles. The number of aliphatic hydroxyl groups excluding tert-OH is 1. The number of carbonyl (C=O) groups is 3. The second kappa shape index (κ2) is 5.98. The molecule has 4 amide bonds. The summed E-state index contributed by atoms with van der Waals surface area (Å²) in [6.07, 6.45) is 0. The maximum absolute atomic E-state index is 11.8. The van der Waals surface area contributed by atoms with Gasteiger partial charge in [-0.05, 0) is 13.8 Å². The average molecular weight is 273 g/mol. The van der Waals surface area contributed by atoms with Crippen molar-refractivity contribution in [1.82, 2.24) is 15.5 Å². The highest BCUT2D eigenvalue weighted by Gasteiger charge is 2.44. The number of nitrogens with one attached hydrogen (secondary N) is 2. The fraction of sp³-hybridized carbons (Fsp3) is 0.727. The van der Waals surface area contributed by atoms with E-state index in [9.17, 15) is 14.4 Å². The summed E-state index contributed by atoms with van der Waals surface area (Å²) in [4.78, 5) is 35.9. The fourth-order valence-corrected chi connectivity index (χ4v) is 1.72. The van der Waals surface area contributed by atoms with Crippen LogP contribution in [0.25, 0.3) is 0 Å². The van der Waals surface area contributed by atoms with Gasteiger partial charge in [0.1, 0.15) is 12.1 Å². The summed E-state index contributed by atoms with van der Waals surface area (Å²) in [6.45, 7) is 2.60. The fourth-order valence-electron chi connectivity index (χ4n) is 1.72. The summed E-state index contributed by atoms with van der Waals surface area (Å²) in [5, 5.41) is 13.9. The van der Waals surface area contributed by atoms with E-state index in [4.69, 9.17) is 9.84 Å². The van der Waals surface area contributed by atoms with Crippen molar-refractivity contribution in [3.63, 3.8) is 0 Å². The van der Waals surface area contributed by atoms with Crippen LogP contribution in [0, 0.1) is 0 Å². The number of hydrogen-bond acceptors (Lipinski definition) is 5. The lowest BCUT2D eigenvalue weighted by Gasteiger charge is -2.18. The summed E-state index contributed by atoms with van der Waals surface area (Å²) in [6, 6.07) is -1.16. The predicted octanol–water partition coefficient (Wildman–Crippen LogP) is -1.56. The van der Waals surface area contributed by atoms with Crippen LogP contribution in [-0.4, -0.2) is 66.3 Å². The number of urea groups is 1. The van der Waals surface area contributed by atoms with Crippen molar-refractivity contribution in [2.24, 2.45) is 0 Å². The largest absolute Gasteiger partial charge is 0.394 e. The SMILES string of the molecule is COCC(CO)NC(=O)CN1C(=O)NC(C)(C)C1=O. The van der Waals surface area contributed by atoms with Gasteiger partial charge in [-0.15, -0.1) is 0 Å². The zero-order chi connectivity index (χ0) is 14.6. The first-order valence-electron chi connectivity index (χ1n) is 5.85. The van der Waals surface area contributed by atoms with E-state index in [2.05, 4.69) is 10.6 Å². The van der Waals surface area contributed by atoms with E-state index < -0.39 is 29.4 Å². The number of carbonyl (C=O) groups excluding carboxylic acids is 3. The standard InChI is InChI=1S/C11H19N3O5/c1-11(2)9(17)14(10(18)13-11)4-8(16)12-7(5-15)6-19-3/h7,15H,4-6H2,1-3H3,(H,12,16)(H,13,18). The van der Waals surface area contributed by atoms with E-state index in [0.717, 1.165) is 4.90 Å². The smallest absolute Gasteiger partial charge is 0.325 e. The van der Waals surface area contributed by atoms with E-state index in [-0.39, 0.29) is 19.8 Å². The Hall–Kier alpha value is -1.67. The lowest BCUT2D eigenvalue weighted by molar-refractivity contribution is -0.134. The number of aliphatic hydroxyl groups is 1. The minimum absolute atomic E-state index is 0.147. The molecular formula is C11H19N3O5. The van der Waals surface area contributed by atoms with Crippen molar-refractivity contribution in [2.45, 2.75) is 25.4 Å². The summed E-state index contributed by atoms with van der Waals surface area (Å²) in [5.74, 6) is -0.989. The Labute approximate surface area is 111 Å². The highest BCUT2D eigenvalue weighted by Crippen LogP contribution is 2.15. The lowest BCUT2D eigenvalue weighted by Crippen LogP contribution is -2.47. The van der Waals surface area contributed by atoms with Crippen molar-refractivity contribution in [3.8, 4) is 0 Å². The predicted molar refractivity (Wildman–Crippen MR) is 65.2 cm³/mol. The number of ether oxygens (including phenoxy) is 1. The molecule has 1 atom stereocenters. The van der Waals surface area contributed by atoms with Crippen molar-refractivity contribution >= 4 is 17.8 Å². The Morgan fingerprint density at radius 3 is 2.58 bits per heavy atom. The monoisotopic (exact) mass is 273 g/mol. The van der Waals surface area contributed by atoms with Crippen molar-refractivity contribution in [1.29, 1.82) is 0 Å². The van der Waals surface area contributed by atoms with Crippen LogP contribution < -0.4 is 10.6 Å². The van der Waals surface area contributed by atoms with Crippen LogP contribution in [0.3, 0.4) is 0 Å². The Morgan fingerprint density at radius 2 is 2.16 bits per heavy atom. The molecule has 1 rings (SSSR count). The molecule has 8 heteroatoms. The zero-order valence-corrected chi connectivity index (χ0v) is 11.2. The summed E-state index contributed by atoms with van der Waals surface area (Å²) >= 11 is 0. The third-order valence-corrected chi connectivity index (χ3v) is 2.70. The van der Waals surface area contributed by atoms with Crippen molar-refractivity contribution in [2.75, 3.05) is 26.9 Å². The number of imide groups is 1. The molecule has 8 nitrogen and oxygen atoms in total. The number of amides is 4. The highest BCUT2D eigenvalue weighted by molar-refractivity contribution is 6.08. The third kappa shape index (κ3) is 3.65. The van der Waals surface area contributed by atoms with E-state index in [1.165, 1.54) is 7.11 Å². The zero-order valence-electron chi connectivity index (χ0n) is 11.2. The first kappa shape index (κ1) is 15.4. The van der Waals surface area contributed by atoms with Crippen LogP contribution in [0.15, 0.2) is 0 Å². The van der Waals surface area contributed by atoms with Crippen molar-refractivity contribution in [3.05, 3.63) is 0 Å². The number of nitrogens with zero attached hydrogens (tertiary/aromatic N) is 1. The Balaban J connectivity index is 2.58. The molecule has 0 spiro atoms. The molecule has 0 aromatic carbocycles. The molecule has 0 bridgehead atoms. The molecule has 1 heterocycles. The van der Waals surface area contributed by atoms with Crippen LogP contribution in [0.1, 0.15) is 13.8 Å². The summed E-state index contributed by atoms with van der Waals surface area (Å²) in [5.41, 5.74) is -1.000. The van der Waals surface area contributed by atoms with Gasteiger partial charge in [-0.25, -0.2) is 4.79 Å². The Morgan fingerprint density at radius 1 is 1.53 bits per heavy atom. The van der Waals surface area contributed by atoms with Gasteiger partial charge in [0, 0.05) is 7.11 Å². The van der Waals surface area contributed by atoms with Gasteiger partial charge in [-0.1, -0.05) is 0 Å². The van der Waals surface area contributed by atoms with Gasteiger partial charge in [0.25, 0.3) is 5.91 Å². The molecule has 0 aliphatic carbocycles. The normalized spacial score (nSPS) is 19.3. The first-order valence-corrected chi connectivity index (χ1v) is 5.85. The lowest BCUT2D eigenvalue weighted by atomic mass is 10.1. The van der Waals surface area contributed by atoms with Gasteiger partial charge in [0.2, 0.25) is 5.91 Å². The van der Waals surface area contributed by atoms with Crippen LogP contribution in [-0.2, 0) is 14.3 Å². The van der Waals surface area contributed by atoms with Crippen LogP contribution in [0.4, 0.5) is 4.79 Å². The van der Waals surface area contributed by atoms with E-state index >= 15 is 0 Å². The second-order valence-electron chi connectivity index (χ2n) is 4.85. The van der Waals surface area contributed by atoms with Gasteiger partial charge >= 0.3 is 6.03 Å². The van der Waals surface area contributed by atoms with Gasteiger partial charge in [0.05, 0.1) is 19.3 Å². The molecule has 3 N–H and O–H groups in total. The minimum atomic E-state index is -1.000. The third-order valence-electron chi connectivity index (χ3n) is 2.70. The van der Waals surface area contributed by atoms with Crippen LogP contribution >= 0.6 is 0 Å². The second-order valence-corrected chi connectivity index (χ2v) is 4.85. The van der Waals surface area contributed by atoms with Gasteiger partial charge in [-0.2, -0.15) is 0 Å². The maximum Gasteiger partial charge on any atom is 0.325 e. The van der Waals surface area contributed by atoms with Crippen molar-refractivity contribution < 1.29 is 24.2 Å². The van der Waals surface area contributed by atoms with E-state index in [1.54, 1.807) is 13.8 Å². The van der Waals surface area contributed by atoms with Gasteiger partial charge < -0.3 is 20.5 Å². The summed E-state index contributed by atoms with van der Waals surface area (Å²) < 4.78 is 4.81. The highest BCUT2D eigenvalue weighted by atomic mass is 16.5. The number of methoxy groups -OCH3 is 1. The molecule has 1 fully saturated rings. The molecule has 1 unspecified atom stereocenters. The Bertz CT molecular complexity index is 383. The minimum Gasteiger partial charge on any atom is -0.394 e. The Kier molecular flexibility index (Phi) is 4.84. The molecule has 0 saturated carbocycles.